The molecule has 2 nitrogen and oxygen atoms in total. The average molecular weight is 751 g/mol. The molecule has 1 spiro atoms. The fraction of sp³-hybridized carbons (Fsp3) is 0.0175. The van der Waals surface area contributed by atoms with Gasteiger partial charge in [-0.1, -0.05) is 176 Å². The molecule has 0 N–H and O–H groups in total. The van der Waals surface area contributed by atoms with Crippen molar-refractivity contribution in [1.29, 1.82) is 0 Å². The van der Waals surface area contributed by atoms with Gasteiger partial charge in [0.25, 0.3) is 0 Å². The van der Waals surface area contributed by atoms with Gasteiger partial charge >= 0.3 is 0 Å². The van der Waals surface area contributed by atoms with Crippen molar-refractivity contribution in [1.82, 2.24) is 0 Å². The Balaban J connectivity index is 1.04. The summed E-state index contributed by atoms with van der Waals surface area (Å²) in [6.07, 6.45) is 0. The van der Waals surface area contributed by atoms with Gasteiger partial charge in [-0.25, -0.2) is 0 Å². The first-order valence-corrected chi connectivity index (χ1v) is 20.4. The van der Waals surface area contributed by atoms with E-state index in [1.807, 2.05) is 0 Å². The Labute approximate surface area is 344 Å². The van der Waals surface area contributed by atoms with E-state index in [0.717, 1.165) is 22.7 Å². The first-order valence-electron chi connectivity index (χ1n) is 20.4. The second-order valence-electron chi connectivity index (χ2n) is 15.7. The molecule has 10 aromatic carbocycles. The Morgan fingerprint density at radius 1 is 0.305 bits per heavy atom. The van der Waals surface area contributed by atoms with Gasteiger partial charge in [0.15, 0.2) is 0 Å². The van der Waals surface area contributed by atoms with Crippen molar-refractivity contribution in [2.75, 3.05) is 9.80 Å². The zero-order valence-electron chi connectivity index (χ0n) is 32.3. The van der Waals surface area contributed by atoms with E-state index >= 15 is 0 Å². The molecule has 1 aliphatic heterocycles. The van der Waals surface area contributed by atoms with E-state index in [0.29, 0.717) is 0 Å². The van der Waals surface area contributed by atoms with E-state index in [1.165, 1.54) is 77.4 Å². The van der Waals surface area contributed by atoms with Crippen LogP contribution in [0.15, 0.2) is 231 Å². The molecule has 12 rings (SSSR count). The van der Waals surface area contributed by atoms with Gasteiger partial charge in [0.05, 0.1) is 16.8 Å². The van der Waals surface area contributed by atoms with E-state index in [9.17, 15) is 0 Å². The van der Waals surface area contributed by atoms with Gasteiger partial charge in [0.2, 0.25) is 0 Å². The first-order chi connectivity index (χ1) is 29.3. The van der Waals surface area contributed by atoms with E-state index in [-0.39, 0.29) is 0 Å². The standard InChI is InChI=1S/C57H38N2/c1-3-14-39(15-4-1)41-30-34-45(35-31-41)58(46-36-32-42(33-37-46)40-16-5-2-6-17-40)47-20-13-21-48(38-47)59-53-26-9-7-22-49(53)57(50-23-8-10-27-54(50)59)51-24-11-18-43-28-29-44-19-12-25-52(57)56(44)55(43)51/h1-38H. The average Bonchev–Trinajstić information content (AvgIpc) is 3.61. The summed E-state index contributed by atoms with van der Waals surface area (Å²) in [7, 11) is 0. The molecule has 2 heteroatoms. The molecule has 0 radical (unpaired) electrons. The van der Waals surface area contributed by atoms with Crippen LogP contribution in [0.4, 0.5) is 34.1 Å². The van der Waals surface area contributed by atoms with Crippen molar-refractivity contribution in [3.05, 3.63) is 253 Å². The van der Waals surface area contributed by atoms with Gasteiger partial charge in [-0.3, -0.25) is 0 Å². The molecule has 0 unspecified atom stereocenters. The van der Waals surface area contributed by atoms with Crippen LogP contribution in [0.1, 0.15) is 22.3 Å². The summed E-state index contributed by atoms with van der Waals surface area (Å²) < 4.78 is 0. The highest BCUT2D eigenvalue weighted by Gasteiger charge is 2.50. The maximum absolute atomic E-state index is 2.48. The highest BCUT2D eigenvalue weighted by Crippen LogP contribution is 2.63. The minimum Gasteiger partial charge on any atom is -0.310 e. The lowest BCUT2D eigenvalue weighted by atomic mass is 9.64. The van der Waals surface area contributed by atoms with E-state index < -0.39 is 5.41 Å². The van der Waals surface area contributed by atoms with Gasteiger partial charge in [-0.15, -0.1) is 0 Å². The molecule has 0 aromatic heterocycles. The lowest BCUT2D eigenvalue weighted by Crippen LogP contribution is -2.36. The molecule has 0 bridgehead atoms. The van der Waals surface area contributed by atoms with Gasteiger partial charge in [-0.2, -0.15) is 0 Å². The molecule has 0 fully saturated rings. The SMILES string of the molecule is c1ccc(-c2ccc(N(c3ccc(-c4ccccc4)cc3)c3cccc(N4c5ccccc5C5(c6ccccc64)c4cccc6ccc7cccc5c7c46)c3)cc2)cc1. The van der Waals surface area contributed by atoms with Crippen LogP contribution < -0.4 is 9.80 Å². The van der Waals surface area contributed by atoms with Crippen LogP contribution in [-0.4, -0.2) is 0 Å². The second kappa shape index (κ2) is 13.2. The minimum atomic E-state index is -0.461. The molecule has 276 valence electrons. The number of benzene rings is 10. The number of para-hydroxylation sites is 2. The number of hydrogen-bond donors (Lipinski definition) is 0. The molecule has 0 atom stereocenters. The Morgan fingerprint density at radius 3 is 1.24 bits per heavy atom. The predicted octanol–water partition coefficient (Wildman–Crippen LogP) is 15.3. The molecule has 0 saturated heterocycles. The summed E-state index contributed by atoms with van der Waals surface area (Å²) in [5, 5.41) is 5.32. The summed E-state index contributed by atoms with van der Waals surface area (Å²) >= 11 is 0. The molecule has 59 heavy (non-hydrogen) atoms. The van der Waals surface area contributed by atoms with E-state index in [1.54, 1.807) is 0 Å². The number of hydrogen-bond acceptors (Lipinski definition) is 2. The molecular weight excluding hydrogens is 713 g/mol. The van der Waals surface area contributed by atoms with Crippen LogP contribution in [0.25, 0.3) is 43.8 Å². The van der Waals surface area contributed by atoms with Crippen molar-refractivity contribution >= 4 is 55.7 Å². The van der Waals surface area contributed by atoms with E-state index in [2.05, 4.69) is 240 Å². The number of nitrogens with zero attached hydrogens (tertiary/aromatic N) is 2. The monoisotopic (exact) mass is 750 g/mol. The fourth-order valence-corrected chi connectivity index (χ4v) is 10.1. The molecule has 0 amide bonds. The van der Waals surface area contributed by atoms with Gasteiger partial charge < -0.3 is 9.80 Å². The van der Waals surface area contributed by atoms with Gasteiger partial charge in [0, 0.05) is 22.7 Å². The fourth-order valence-electron chi connectivity index (χ4n) is 10.1. The lowest BCUT2D eigenvalue weighted by molar-refractivity contribution is 0.755. The first kappa shape index (κ1) is 33.5. The maximum atomic E-state index is 2.48. The minimum absolute atomic E-state index is 0.461. The van der Waals surface area contributed by atoms with Crippen LogP contribution in [0.2, 0.25) is 0 Å². The van der Waals surface area contributed by atoms with Gasteiger partial charge in [0.1, 0.15) is 0 Å². The number of rotatable bonds is 6. The smallest absolute Gasteiger partial charge is 0.0754 e. The van der Waals surface area contributed by atoms with E-state index in [4.69, 9.17) is 0 Å². The second-order valence-corrected chi connectivity index (χ2v) is 15.7. The molecule has 1 aliphatic carbocycles. The third-order valence-corrected chi connectivity index (χ3v) is 12.6. The largest absolute Gasteiger partial charge is 0.310 e. The lowest BCUT2D eigenvalue weighted by Gasteiger charge is -2.45. The molecule has 0 saturated carbocycles. The highest BCUT2D eigenvalue weighted by molar-refractivity contribution is 6.17. The zero-order chi connectivity index (χ0) is 38.9. The number of fused-ring (bicyclic) bond motifs is 6. The van der Waals surface area contributed by atoms with Crippen LogP contribution in [0.5, 0.6) is 0 Å². The van der Waals surface area contributed by atoms with Crippen molar-refractivity contribution in [2.45, 2.75) is 5.41 Å². The normalized spacial score (nSPS) is 13.2. The summed E-state index contributed by atoms with van der Waals surface area (Å²) in [5.41, 5.74) is 16.4. The molecule has 10 aromatic rings. The Bertz CT molecular complexity index is 3010. The summed E-state index contributed by atoms with van der Waals surface area (Å²) in [4.78, 5) is 4.86. The molecule has 1 heterocycles. The Hall–Kier alpha value is -7.68. The summed E-state index contributed by atoms with van der Waals surface area (Å²) in [6, 6.07) is 84.7. The quantitative estimate of drug-likeness (QED) is 0.156. The van der Waals surface area contributed by atoms with Crippen LogP contribution >= 0.6 is 0 Å². The van der Waals surface area contributed by atoms with Crippen molar-refractivity contribution < 1.29 is 0 Å². The Morgan fingerprint density at radius 2 is 0.729 bits per heavy atom. The van der Waals surface area contributed by atoms with Gasteiger partial charge in [-0.05, 0) is 121 Å². The van der Waals surface area contributed by atoms with Crippen molar-refractivity contribution in [3.8, 4) is 22.3 Å². The Kier molecular flexibility index (Phi) is 7.48. The van der Waals surface area contributed by atoms with Crippen LogP contribution in [0.3, 0.4) is 0 Å². The maximum Gasteiger partial charge on any atom is 0.0754 e. The third kappa shape index (κ3) is 5.00. The van der Waals surface area contributed by atoms with Crippen LogP contribution in [-0.2, 0) is 5.41 Å². The molecular formula is C57H38N2. The summed E-state index contributed by atoms with van der Waals surface area (Å²) in [6.45, 7) is 0. The predicted molar refractivity (Wildman–Crippen MR) is 247 cm³/mol. The van der Waals surface area contributed by atoms with Crippen molar-refractivity contribution in [3.63, 3.8) is 0 Å². The van der Waals surface area contributed by atoms with Crippen molar-refractivity contribution in [2.24, 2.45) is 0 Å². The van der Waals surface area contributed by atoms with Crippen LogP contribution in [0, 0.1) is 0 Å². The zero-order valence-corrected chi connectivity index (χ0v) is 32.3. The third-order valence-electron chi connectivity index (χ3n) is 12.6. The topological polar surface area (TPSA) is 6.48 Å². The molecule has 2 aliphatic rings. The summed E-state index contributed by atoms with van der Waals surface area (Å²) in [5.74, 6) is 0. The number of anilines is 6. The highest BCUT2D eigenvalue weighted by atomic mass is 15.2.